The van der Waals surface area contributed by atoms with Crippen LogP contribution in [0.25, 0.3) is 11.5 Å². The van der Waals surface area contributed by atoms with E-state index >= 15 is 0 Å². The van der Waals surface area contributed by atoms with Gasteiger partial charge in [-0.1, -0.05) is 5.16 Å². The summed E-state index contributed by atoms with van der Waals surface area (Å²) in [6, 6.07) is 3.79. The van der Waals surface area contributed by atoms with Crippen LogP contribution in [0, 0.1) is 12.8 Å². The summed E-state index contributed by atoms with van der Waals surface area (Å²) in [5, 5.41) is 11.7. The minimum Gasteiger partial charge on any atom is -0.373 e. The fourth-order valence-electron chi connectivity index (χ4n) is 3.26. The number of hydrogen-bond donors (Lipinski definition) is 1. The highest BCUT2D eigenvalue weighted by Gasteiger charge is 2.30. The van der Waals surface area contributed by atoms with Gasteiger partial charge in [-0.2, -0.15) is 10.1 Å². The number of rotatable bonds is 6. The van der Waals surface area contributed by atoms with Gasteiger partial charge in [0.1, 0.15) is 5.82 Å². The number of pyridine rings is 1. The molecule has 8 heteroatoms. The number of aromatic nitrogens is 5. The van der Waals surface area contributed by atoms with Gasteiger partial charge in [-0.15, -0.1) is 0 Å². The Morgan fingerprint density at radius 2 is 2.31 bits per heavy atom. The Kier molecular flexibility index (Phi) is 4.66. The molecule has 1 aliphatic heterocycles. The maximum absolute atomic E-state index is 5.96. The van der Waals surface area contributed by atoms with Crippen LogP contribution in [0.5, 0.6) is 0 Å². The first-order chi connectivity index (χ1) is 12.7. The molecular weight excluding hydrogens is 332 g/mol. The second-order valence-electron chi connectivity index (χ2n) is 6.40. The smallest absolute Gasteiger partial charge is 0.261 e. The van der Waals surface area contributed by atoms with Crippen LogP contribution in [0.3, 0.4) is 0 Å². The summed E-state index contributed by atoms with van der Waals surface area (Å²) in [4.78, 5) is 8.75. The third-order valence-electron chi connectivity index (χ3n) is 4.62. The number of ether oxygens (including phenoxy) is 1. The lowest BCUT2D eigenvalue weighted by atomic mass is 9.97. The maximum atomic E-state index is 5.96. The highest BCUT2D eigenvalue weighted by Crippen LogP contribution is 2.35. The summed E-state index contributed by atoms with van der Waals surface area (Å²) in [6.07, 6.45) is 6.77. The van der Waals surface area contributed by atoms with Gasteiger partial charge in [-0.3, -0.25) is 4.68 Å². The van der Waals surface area contributed by atoms with Crippen LogP contribution in [-0.2, 0) is 11.3 Å². The third kappa shape index (κ3) is 3.32. The predicted octanol–water partition coefficient (Wildman–Crippen LogP) is 2.85. The van der Waals surface area contributed by atoms with E-state index in [9.17, 15) is 0 Å². The van der Waals surface area contributed by atoms with Gasteiger partial charge < -0.3 is 14.6 Å². The Bertz CT molecular complexity index is 874. The van der Waals surface area contributed by atoms with E-state index in [2.05, 4.69) is 38.7 Å². The van der Waals surface area contributed by atoms with Crippen molar-refractivity contribution >= 4 is 5.82 Å². The van der Waals surface area contributed by atoms with Gasteiger partial charge in [0, 0.05) is 43.6 Å². The summed E-state index contributed by atoms with van der Waals surface area (Å²) in [6.45, 7) is 6.24. The molecule has 0 amide bonds. The molecule has 3 aromatic heterocycles. The van der Waals surface area contributed by atoms with Gasteiger partial charge in [0.25, 0.3) is 5.89 Å². The van der Waals surface area contributed by atoms with E-state index in [0.29, 0.717) is 17.6 Å². The van der Waals surface area contributed by atoms with E-state index in [0.717, 1.165) is 43.1 Å². The van der Waals surface area contributed by atoms with Crippen LogP contribution in [0.4, 0.5) is 5.82 Å². The molecule has 136 valence electrons. The van der Waals surface area contributed by atoms with E-state index in [1.807, 2.05) is 23.0 Å². The number of aryl methyl sites for hydroxylation is 2. The van der Waals surface area contributed by atoms with E-state index in [-0.39, 0.29) is 6.10 Å². The molecule has 0 aliphatic carbocycles. The van der Waals surface area contributed by atoms with Crippen molar-refractivity contribution in [1.29, 1.82) is 0 Å². The predicted molar refractivity (Wildman–Crippen MR) is 95.5 cm³/mol. The molecule has 0 bridgehead atoms. The average molecular weight is 354 g/mol. The Morgan fingerprint density at radius 3 is 3.08 bits per heavy atom. The van der Waals surface area contributed by atoms with Gasteiger partial charge in [0.2, 0.25) is 0 Å². The molecule has 2 atom stereocenters. The molecule has 1 N–H and O–H groups in total. The van der Waals surface area contributed by atoms with Gasteiger partial charge in [0.05, 0.1) is 17.9 Å². The lowest BCUT2D eigenvalue weighted by molar-refractivity contribution is 0.0932. The van der Waals surface area contributed by atoms with Gasteiger partial charge in [-0.05, 0) is 32.4 Å². The largest absolute Gasteiger partial charge is 0.373 e. The first-order valence-corrected chi connectivity index (χ1v) is 8.88. The first-order valence-electron chi connectivity index (χ1n) is 8.88. The molecule has 8 nitrogen and oxygen atoms in total. The van der Waals surface area contributed by atoms with Gasteiger partial charge >= 0.3 is 0 Å². The molecule has 0 spiro atoms. The third-order valence-corrected chi connectivity index (χ3v) is 4.62. The van der Waals surface area contributed by atoms with E-state index in [1.165, 1.54) is 0 Å². The molecule has 3 aromatic rings. The SMILES string of the molecule is CCn1cc([C@@H]2OCC[C@H]2CNc2ncccc2-c2nc(C)no2)cn1. The normalized spacial score (nSPS) is 19.8. The fourth-order valence-corrected chi connectivity index (χ4v) is 3.26. The zero-order valence-electron chi connectivity index (χ0n) is 14.9. The van der Waals surface area contributed by atoms with Crippen molar-refractivity contribution in [2.45, 2.75) is 32.9 Å². The van der Waals surface area contributed by atoms with E-state index in [1.54, 1.807) is 13.1 Å². The molecule has 0 saturated carbocycles. The maximum Gasteiger partial charge on any atom is 0.261 e. The van der Waals surface area contributed by atoms with Crippen LogP contribution in [0.2, 0.25) is 0 Å². The summed E-state index contributed by atoms with van der Waals surface area (Å²) < 4.78 is 13.2. The van der Waals surface area contributed by atoms with Crippen LogP contribution < -0.4 is 5.32 Å². The highest BCUT2D eigenvalue weighted by atomic mass is 16.5. The minimum absolute atomic E-state index is 0.0561. The molecule has 26 heavy (non-hydrogen) atoms. The van der Waals surface area contributed by atoms with Gasteiger partial charge in [0.15, 0.2) is 5.82 Å². The Balaban J connectivity index is 1.48. The number of hydrogen-bond acceptors (Lipinski definition) is 7. The molecule has 0 radical (unpaired) electrons. The van der Waals surface area contributed by atoms with Gasteiger partial charge in [-0.25, -0.2) is 4.98 Å². The molecule has 1 aliphatic rings. The second kappa shape index (κ2) is 7.25. The monoisotopic (exact) mass is 354 g/mol. The quantitative estimate of drug-likeness (QED) is 0.728. The summed E-state index contributed by atoms with van der Waals surface area (Å²) in [5.41, 5.74) is 1.94. The number of anilines is 1. The van der Waals surface area contributed by atoms with E-state index < -0.39 is 0 Å². The van der Waals surface area contributed by atoms with E-state index in [4.69, 9.17) is 9.26 Å². The van der Waals surface area contributed by atoms with Crippen molar-refractivity contribution in [3.05, 3.63) is 42.1 Å². The molecular formula is C18H22N6O2. The van der Waals surface area contributed by atoms with Crippen molar-refractivity contribution in [3.63, 3.8) is 0 Å². The molecule has 4 rings (SSSR count). The number of nitrogens with zero attached hydrogens (tertiary/aromatic N) is 5. The van der Waals surface area contributed by atoms with Crippen molar-refractivity contribution in [2.24, 2.45) is 5.92 Å². The Morgan fingerprint density at radius 1 is 1.38 bits per heavy atom. The van der Waals surface area contributed by atoms with Crippen molar-refractivity contribution in [1.82, 2.24) is 24.9 Å². The first kappa shape index (κ1) is 16.7. The summed E-state index contributed by atoms with van der Waals surface area (Å²) >= 11 is 0. The van der Waals surface area contributed by atoms with Crippen LogP contribution in [-0.4, -0.2) is 38.1 Å². The van der Waals surface area contributed by atoms with Crippen molar-refractivity contribution in [3.8, 4) is 11.5 Å². The molecule has 0 aromatic carbocycles. The number of nitrogens with one attached hydrogen (secondary N) is 1. The standard InChI is InChI=1S/C18H22N6O2/c1-3-24-11-14(10-21-24)16-13(6-8-25-16)9-20-17-15(5-4-7-19-17)18-22-12(2)23-26-18/h4-5,7,10-11,13,16H,3,6,8-9H2,1-2H3,(H,19,20)/t13-,16+/m0/s1. The van der Waals surface area contributed by atoms with Crippen LogP contribution >= 0.6 is 0 Å². The molecule has 1 saturated heterocycles. The highest BCUT2D eigenvalue weighted by molar-refractivity contribution is 5.68. The fraction of sp³-hybridized carbons (Fsp3) is 0.444. The van der Waals surface area contributed by atoms with Crippen molar-refractivity contribution in [2.75, 3.05) is 18.5 Å². The summed E-state index contributed by atoms with van der Waals surface area (Å²) in [7, 11) is 0. The topological polar surface area (TPSA) is 90.9 Å². The van der Waals surface area contributed by atoms with Crippen LogP contribution in [0.15, 0.2) is 35.2 Å². The molecule has 4 heterocycles. The lowest BCUT2D eigenvalue weighted by Crippen LogP contribution is -2.18. The van der Waals surface area contributed by atoms with Crippen molar-refractivity contribution < 1.29 is 9.26 Å². The molecule has 0 unspecified atom stereocenters. The Labute approximate surface area is 151 Å². The Hall–Kier alpha value is -2.74. The average Bonchev–Trinajstić information content (AvgIpc) is 3.40. The zero-order valence-corrected chi connectivity index (χ0v) is 14.9. The molecule has 1 fully saturated rings. The second-order valence-corrected chi connectivity index (χ2v) is 6.40. The lowest BCUT2D eigenvalue weighted by Gasteiger charge is -2.18. The summed E-state index contributed by atoms with van der Waals surface area (Å²) in [5.74, 6) is 2.17. The van der Waals surface area contributed by atoms with Crippen LogP contribution in [0.1, 0.15) is 30.8 Å². The zero-order chi connectivity index (χ0) is 17.9. The minimum atomic E-state index is 0.0561.